The summed E-state index contributed by atoms with van der Waals surface area (Å²) < 4.78 is 4.97. The second-order valence-corrected chi connectivity index (χ2v) is 4.45. The molecule has 0 aliphatic heterocycles. The molecule has 0 amide bonds. The van der Waals surface area contributed by atoms with Gasteiger partial charge in [0.25, 0.3) is 0 Å². The molecule has 0 N–H and O–H groups in total. The smallest absolute Gasteiger partial charge is 0.156 e. The van der Waals surface area contributed by atoms with Gasteiger partial charge in [-0.3, -0.25) is 4.98 Å². The molecule has 2 aromatic heterocycles. The number of methoxy groups -OCH3 is 1. The fraction of sp³-hybridized carbons (Fsp3) is 0.200. The summed E-state index contributed by atoms with van der Waals surface area (Å²) in [5, 5.41) is 1.86. The molecule has 0 aliphatic carbocycles. The van der Waals surface area contributed by atoms with Gasteiger partial charge in [0.1, 0.15) is 21.8 Å². The van der Waals surface area contributed by atoms with E-state index in [1.807, 2.05) is 0 Å². The summed E-state index contributed by atoms with van der Waals surface area (Å²) in [5.74, 6) is 0.548. The lowest BCUT2D eigenvalue weighted by molar-refractivity contribution is 0.177. The molecule has 88 valence electrons. The fourth-order valence-electron chi connectivity index (χ4n) is 1.13. The molecular formula is C10H9ClN4OS. The van der Waals surface area contributed by atoms with Crippen molar-refractivity contribution in [2.45, 2.75) is 16.7 Å². The minimum atomic E-state index is 0.328. The number of rotatable bonds is 4. The molecule has 0 fully saturated rings. The molecule has 0 radical (unpaired) electrons. The molecule has 2 rings (SSSR count). The molecule has 0 unspecified atom stereocenters. The first-order chi connectivity index (χ1) is 8.28. The van der Waals surface area contributed by atoms with Crippen LogP contribution in [0, 0.1) is 0 Å². The van der Waals surface area contributed by atoms with Crippen LogP contribution in [0.2, 0.25) is 5.15 Å². The van der Waals surface area contributed by atoms with Crippen molar-refractivity contribution >= 4 is 23.4 Å². The Morgan fingerprint density at radius 3 is 2.88 bits per heavy atom. The third-order valence-electron chi connectivity index (χ3n) is 1.74. The highest BCUT2D eigenvalue weighted by Gasteiger charge is 2.05. The molecule has 0 aliphatic rings. The van der Waals surface area contributed by atoms with Gasteiger partial charge < -0.3 is 4.74 Å². The van der Waals surface area contributed by atoms with Crippen LogP contribution in [-0.4, -0.2) is 27.0 Å². The first-order valence-electron chi connectivity index (χ1n) is 4.74. The van der Waals surface area contributed by atoms with Gasteiger partial charge in [-0.1, -0.05) is 11.6 Å². The summed E-state index contributed by atoms with van der Waals surface area (Å²) in [6.07, 6.45) is 4.91. The van der Waals surface area contributed by atoms with Gasteiger partial charge in [0, 0.05) is 25.6 Å². The number of hydrogen-bond acceptors (Lipinski definition) is 6. The van der Waals surface area contributed by atoms with Gasteiger partial charge in [0.2, 0.25) is 0 Å². The summed E-state index contributed by atoms with van der Waals surface area (Å²) in [4.78, 5) is 16.5. The lowest BCUT2D eigenvalue weighted by atomic mass is 10.6. The van der Waals surface area contributed by atoms with E-state index in [1.165, 1.54) is 11.8 Å². The maximum Gasteiger partial charge on any atom is 0.156 e. The summed E-state index contributed by atoms with van der Waals surface area (Å²) in [6, 6.07) is 1.68. The predicted octanol–water partition coefficient (Wildman–Crippen LogP) is 2.22. The molecule has 0 aromatic carbocycles. The van der Waals surface area contributed by atoms with Crippen molar-refractivity contribution in [3.8, 4) is 0 Å². The second-order valence-electron chi connectivity index (χ2n) is 3.02. The summed E-state index contributed by atoms with van der Waals surface area (Å²) >= 11 is 7.27. The van der Waals surface area contributed by atoms with Crippen LogP contribution in [0.25, 0.3) is 0 Å². The summed E-state index contributed by atoms with van der Waals surface area (Å²) in [5.41, 5.74) is 0. The van der Waals surface area contributed by atoms with E-state index < -0.39 is 0 Å². The van der Waals surface area contributed by atoms with E-state index in [4.69, 9.17) is 16.3 Å². The number of nitrogens with zero attached hydrogens (tertiary/aromatic N) is 4. The zero-order chi connectivity index (χ0) is 12.1. The summed E-state index contributed by atoms with van der Waals surface area (Å²) in [7, 11) is 1.58. The van der Waals surface area contributed by atoms with E-state index in [-0.39, 0.29) is 0 Å². The van der Waals surface area contributed by atoms with Crippen LogP contribution in [-0.2, 0) is 11.3 Å². The highest BCUT2D eigenvalue weighted by Crippen LogP contribution is 2.24. The predicted molar refractivity (Wildman–Crippen MR) is 63.9 cm³/mol. The molecular weight excluding hydrogens is 260 g/mol. The van der Waals surface area contributed by atoms with Gasteiger partial charge in [-0.15, -0.1) is 0 Å². The Morgan fingerprint density at radius 2 is 2.18 bits per heavy atom. The average Bonchev–Trinajstić information content (AvgIpc) is 2.30. The van der Waals surface area contributed by atoms with Gasteiger partial charge in [0.15, 0.2) is 5.82 Å². The Labute approximate surface area is 108 Å². The van der Waals surface area contributed by atoms with Crippen LogP contribution >= 0.6 is 23.4 Å². The van der Waals surface area contributed by atoms with E-state index >= 15 is 0 Å². The van der Waals surface area contributed by atoms with E-state index in [0.717, 1.165) is 10.1 Å². The van der Waals surface area contributed by atoms with Gasteiger partial charge in [-0.05, 0) is 11.8 Å². The Balaban J connectivity index is 2.21. The van der Waals surface area contributed by atoms with Gasteiger partial charge in [-0.25, -0.2) is 15.0 Å². The molecule has 5 nitrogen and oxygen atoms in total. The molecule has 0 atom stereocenters. The van der Waals surface area contributed by atoms with Gasteiger partial charge in [-0.2, -0.15) is 0 Å². The van der Waals surface area contributed by atoms with Crippen molar-refractivity contribution < 1.29 is 4.74 Å². The normalized spacial score (nSPS) is 10.5. The molecule has 2 heterocycles. The minimum Gasteiger partial charge on any atom is -0.377 e. The number of halogens is 1. The highest BCUT2D eigenvalue weighted by molar-refractivity contribution is 7.99. The number of hydrogen-bond donors (Lipinski definition) is 0. The molecule has 2 aromatic rings. The van der Waals surface area contributed by atoms with Crippen LogP contribution < -0.4 is 0 Å². The van der Waals surface area contributed by atoms with Crippen LogP contribution in [0.15, 0.2) is 34.7 Å². The Bertz CT molecular complexity index is 497. The first kappa shape index (κ1) is 12.2. The van der Waals surface area contributed by atoms with Crippen molar-refractivity contribution in [2.24, 2.45) is 0 Å². The minimum absolute atomic E-state index is 0.328. The first-order valence-corrected chi connectivity index (χ1v) is 5.93. The molecule has 0 saturated carbocycles. The standard InChI is InChI=1S/C10H9ClN4OS/c1-16-6-8-14-7(11)4-9(15-8)17-10-5-12-2-3-13-10/h2-5H,6H2,1H3. The second kappa shape index (κ2) is 5.90. The van der Waals surface area contributed by atoms with Crippen LogP contribution in [0.1, 0.15) is 5.82 Å². The quantitative estimate of drug-likeness (QED) is 0.793. The Kier molecular flexibility index (Phi) is 4.24. The topological polar surface area (TPSA) is 60.8 Å². The van der Waals surface area contributed by atoms with Crippen molar-refractivity contribution in [1.82, 2.24) is 19.9 Å². The van der Waals surface area contributed by atoms with E-state index in [2.05, 4.69) is 19.9 Å². The maximum absolute atomic E-state index is 5.90. The lowest BCUT2D eigenvalue weighted by Crippen LogP contribution is -1.98. The summed E-state index contributed by atoms with van der Waals surface area (Å²) in [6.45, 7) is 0.328. The van der Waals surface area contributed by atoms with Crippen LogP contribution in [0.3, 0.4) is 0 Å². The van der Waals surface area contributed by atoms with Crippen molar-refractivity contribution in [3.05, 3.63) is 35.6 Å². The van der Waals surface area contributed by atoms with Crippen LogP contribution in [0.4, 0.5) is 0 Å². The maximum atomic E-state index is 5.90. The van der Waals surface area contributed by atoms with Gasteiger partial charge in [0.05, 0.1) is 6.20 Å². The average molecular weight is 269 g/mol. The zero-order valence-corrected chi connectivity index (χ0v) is 10.6. The molecule has 7 heteroatoms. The Morgan fingerprint density at radius 1 is 1.29 bits per heavy atom. The van der Waals surface area contributed by atoms with Crippen molar-refractivity contribution in [2.75, 3.05) is 7.11 Å². The third-order valence-corrected chi connectivity index (χ3v) is 2.77. The van der Waals surface area contributed by atoms with Gasteiger partial charge >= 0.3 is 0 Å². The van der Waals surface area contributed by atoms with Crippen molar-refractivity contribution in [3.63, 3.8) is 0 Å². The number of ether oxygens (including phenoxy) is 1. The lowest BCUT2D eigenvalue weighted by Gasteiger charge is -2.03. The zero-order valence-electron chi connectivity index (χ0n) is 9.00. The highest BCUT2D eigenvalue weighted by atomic mass is 35.5. The van der Waals surface area contributed by atoms with E-state index in [9.17, 15) is 0 Å². The van der Waals surface area contributed by atoms with E-state index in [0.29, 0.717) is 17.6 Å². The molecule has 0 saturated heterocycles. The SMILES string of the molecule is COCc1nc(Cl)cc(Sc2cnccn2)n1. The van der Waals surface area contributed by atoms with Crippen LogP contribution in [0.5, 0.6) is 0 Å². The van der Waals surface area contributed by atoms with E-state index in [1.54, 1.807) is 31.8 Å². The third kappa shape index (κ3) is 3.62. The molecule has 17 heavy (non-hydrogen) atoms. The number of aromatic nitrogens is 4. The molecule has 0 bridgehead atoms. The Hall–Kier alpha value is -1.24. The van der Waals surface area contributed by atoms with Crippen molar-refractivity contribution in [1.29, 1.82) is 0 Å². The fourth-order valence-corrected chi connectivity index (χ4v) is 2.16. The monoisotopic (exact) mass is 268 g/mol. The largest absolute Gasteiger partial charge is 0.377 e. The molecule has 0 spiro atoms.